The molecule has 4 nitrogen and oxygen atoms in total. The summed E-state index contributed by atoms with van der Waals surface area (Å²) in [4.78, 5) is 18.7. The Hall–Kier alpha value is -2.33. The largest absolute Gasteiger partial charge is 0.494 e. The molecule has 0 fully saturated rings. The van der Waals surface area contributed by atoms with E-state index in [2.05, 4.69) is 9.97 Å². The normalized spacial score (nSPS) is 10.7. The van der Waals surface area contributed by atoms with Gasteiger partial charge in [0.2, 0.25) is 0 Å². The van der Waals surface area contributed by atoms with Crippen molar-refractivity contribution >= 4 is 22.5 Å². The highest BCUT2D eigenvalue weighted by Crippen LogP contribution is 2.37. The van der Waals surface area contributed by atoms with Crippen LogP contribution in [0.15, 0.2) is 47.5 Å². The molecule has 20 heavy (non-hydrogen) atoms. The van der Waals surface area contributed by atoms with Gasteiger partial charge in [-0.3, -0.25) is 4.79 Å². The molecular weight excluding hydrogens is 276 g/mol. The molecule has 0 saturated carbocycles. The van der Waals surface area contributed by atoms with Gasteiger partial charge in [0, 0.05) is 5.56 Å². The second-order valence-electron chi connectivity index (χ2n) is 4.26. The Morgan fingerprint density at radius 2 is 2.00 bits per heavy atom. The van der Waals surface area contributed by atoms with Crippen LogP contribution in [0, 0.1) is 0 Å². The zero-order valence-electron chi connectivity index (χ0n) is 10.7. The number of aromatic nitrogens is 2. The fourth-order valence-electron chi connectivity index (χ4n) is 2.17. The molecule has 0 amide bonds. The van der Waals surface area contributed by atoms with Crippen LogP contribution in [0.25, 0.3) is 22.0 Å². The summed E-state index contributed by atoms with van der Waals surface area (Å²) in [6, 6.07) is 11.4. The molecule has 1 aromatic heterocycles. The van der Waals surface area contributed by atoms with Crippen molar-refractivity contribution in [2.75, 3.05) is 7.11 Å². The van der Waals surface area contributed by atoms with Crippen molar-refractivity contribution in [2.45, 2.75) is 0 Å². The third-order valence-electron chi connectivity index (χ3n) is 3.12. The fraction of sp³-hybridized carbons (Fsp3) is 0.0667. The molecule has 3 rings (SSSR count). The Morgan fingerprint density at radius 3 is 2.70 bits per heavy atom. The van der Waals surface area contributed by atoms with Gasteiger partial charge in [0.05, 0.1) is 23.8 Å². The van der Waals surface area contributed by atoms with Crippen LogP contribution >= 0.6 is 11.6 Å². The van der Waals surface area contributed by atoms with Gasteiger partial charge in [-0.25, -0.2) is 4.98 Å². The predicted octanol–water partition coefficient (Wildman–Crippen LogP) is 3.25. The minimum absolute atomic E-state index is 0.281. The Morgan fingerprint density at radius 1 is 1.25 bits per heavy atom. The Labute approximate surface area is 120 Å². The maximum absolute atomic E-state index is 12.0. The maximum atomic E-state index is 12.0. The van der Waals surface area contributed by atoms with Crippen LogP contribution in [-0.4, -0.2) is 17.1 Å². The topological polar surface area (TPSA) is 55.0 Å². The van der Waals surface area contributed by atoms with Crippen molar-refractivity contribution in [1.82, 2.24) is 9.97 Å². The van der Waals surface area contributed by atoms with E-state index in [0.29, 0.717) is 21.7 Å². The highest BCUT2D eigenvalue weighted by molar-refractivity contribution is 6.38. The van der Waals surface area contributed by atoms with E-state index < -0.39 is 0 Å². The van der Waals surface area contributed by atoms with Crippen molar-refractivity contribution in [3.63, 3.8) is 0 Å². The Kier molecular flexibility index (Phi) is 3.16. The maximum Gasteiger partial charge on any atom is 0.260 e. The average Bonchev–Trinajstić information content (AvgIpc) is 2.48. The number of halogens is 1. The van der Waals surface area contributed by atoms with Crippen LogP contribution in [0.3, 0.4) is 0 Å². The Balaban J connectivity index is 2.44. The molecule has 0 unspecified atom stereocenters. The summed E-state index contributed by atoms with van der Waals surface area (Å²) < 4.78 is 5.33. The van der Waals surface area contributed by atoms with Gasteiger partial charge in [0.25, 0.3) is 5.56 Å². The van der Waals surface area contributed by atoms with Crippen LogP contribution in [-0.2, 0) is 0 Å². The molecule has 3 aromatic rings. The zero-order chi connectivity index (χ0) is 14.1. The summed E-state index contributed by atoms with van der Waals surface area (Å²) in [6.07, 6.45) is 1.34. The third kappa shape index (κ3) is 1.94. The second-order valence-corrected chi connectivity index (χ2v) is 4.64. The number of nitrogens with zero attached hydrogens (tertiary/aromatic N) is 1. The van der Waals surface area contributed by atoms with Gasteiger partial charge in [0.15, 0.2) is 0 Å². The molecule has 0 aliphatic heterocycles. The molecule has 0 aliphatic rings. The lowest BCUT2D eigenvalue weighted by atomic mass is 10.0. The number of H-pyrrole nitrogens is 1. The van der Waals surface area contributed by atoms with Gasteiger partial charge < -0.3 is 9.72 Å². The van der Waals surface area contributed by atoms with Gasteiger partial charge in [-0.1, -0.05) is 41.9 Å². The highest BCUT2D eigenvalue weighted by Gasteiger charge is 2.16. The van der Waals surface area contributed by atoms with E-state index in [1.165, 1.54) is 6.33 Å². The number of hydrogen-bond donors (Lipinski definition) is 1. The van der Waals surface area contributed by atoms with E-state index in [4.69, 9.17) is 16.3 Å². The van der Waals surface area contributed by atoms with Gasteiger partial charge >= 0.3 is 0 Å². The SMILES string of the molecule is COc1cc(-c2ccccc2)c(Cl)c2c(=O)[nH]cnc12. The van der Waals surface area contributed by atoms with Crippen LogP contribution < -0.4 is 10.3 Å². The smallest absolute Gasteiger partial charge is 0.260 e. The average molecular weight is 287 g/mol. The quantitative estimate of drug-likeness (QED) is 0.787. The third-order valence-corrected chi connectivity index (χ3v) is 3.52. The van der Waals surface area contributed by atoms with Crippen molar-refractivity contribution in [3.8, 4) is 16.9 Å². The molecule has 5 heteroatoms. The summed E-state index contributed by atoms with van der Waals surface area (Å²) in [5.41, 5.74) is 1.84. The minimum Gasteiger partial charge on any atom is -0.494 e. The van der Waals surface area contributed by atoms with Gasteiger partial charge in [-0.15, -0.1) is 0 Å². The van der Waals surface area contributed by atoms with Gasteiger partial charge in [-0.2, -0.15) is 0 Å². The van der Waals surface area contributed by atoms with Crippen LogP contribution in [0.5, 0.6) is 5.75 Å². The van der Waals surface area contributed by atoms with Crippen molar-refractivity contribution in [3.05, 3.63) is 58.1 Å². The number of nitrogens with one attached hydrogen (secondary N) is 1. The minimum atomic E-state index is -0.281. The van der Waals surface area contributed by atoms with E-state index >= 15 is 0 Å². The van der Waals surface area contributed by atoms with E-state index in [1.54, 1.807) is 13.2 Å². The van der Waals surface area contributed by atoms with Crippen molar-refractivity contribution in [2.24, 2.45) is 0 Å². The number of ether oxygens (including phenoxy) is 1. The molecule has 0 radical (unpaired) electrons. The van der Waals surface area contributed by atoms with E-state index in [0.717, 1.165) is 11.1 Å². The molecule has 0 aliphatic carbocycles. The monoisotopic (exact) mass is 286 g/mol. The first-order chi connectivity index (χ1) is 9.72. The summed E-state index contributed by atoms with van der Waals surface area (Å²) >= 11 is 6.39. The molecule has 0 atom stereocenters. The first-order valence-electron chi connectivity index (χ1n) is 6.01. The first-order valence-corrected chi connectivity index (χ1v) is 6.39. The lowest BCUT2D eigenvalue weighted by molar-refractivity contribution is 0.419. The van der Waals surface area contributed by atoms with E-state index in [9.17, 15) is 4.79 Å². The molecule has 1 N–H and O–H groups in total. The Bertz CT molecular complexity index is 828. The molecule has 1 heterocycles. The lowest BCUT2D eigenvalue weighted by Gasteiger charge is -2.11. The van der Waals surface area contributed by atoms with Gasteiger partial charge in [0.1, 0.15) is 11.3 Å². The lowest BCUT2D eigenvalue weighted by Crippen LogP contribution is -2.08. The highest BCUT2D eigenvalue weighted by atomic mass is 35.5. The van der Waals surface area contributed by atoms with E-state index in [-0.39, 0.29) is 5.56 Å². The van der Waals surface area contributed by atoms with Crippen LogP contribution in [0.2, 0.25) is 5.02 Å². The standard InChI is InChI=1S/C15H11ClN2O2/c1-20-11-7-10(9-5-3-2-4-6-9)13(16)12-14(11)17-8-18-15(12)19/h2-8H,1H3,(H,17,18,19). The predicted molar refractivity (Wildman–Crippen MR) is 79.4 cm³/mol. The zero-order valence-corrected chi connectivity index (χ0v) is 11.4. The molecule has 0 saturated heterocycles. The molecule has 0 spiro atoms. The molecule has 100 valence electrons. The number of methoxy groups -OCH3 is 1. The summed E-state index contributed by atoms with van der Waals surface area (Å²) in [6.45, 7) is 0. The number of benzene rings is 2. The number of rotatable bonds is 2. The summed E-state index contributed by atoms with van der Waals surface area (Å²) in [5.74, 6) is 0.523. The first kappa shape index (κ1) is 12.7. The van der Waals surface area contributed by atoms with E-state index in [1.807, 2.05) is 30.3 Å². The van der Waals surface area contributed by atoms with Crippen molar-refractivity contribution < 1.29 is 4.74 Å². The number of aromatic amines is 1. The second kappa shape index (κ2) is 4.98. The van der Waals surface area contributed by atoms with Crippen LogP contribution in [0.1, 0.15) is 0 Å². The molecular formula is C15H11ClN2O2. The van der Waals surface area contributed by atoms with Gasteiger partial charge in [-0.05, 0) is 11.6 Å². The number of hydrogen-bond acceptors (Lipinski definition) is 3. The molecule has 2 aromatic carbocycles. The summed E-state index contributed by atoms with van der Waals surface area (Å²) in [5, 5.41) is 0.716. The molecule has 0 bridgehead atoms. The fourth-order valence-corrected chi connectivity index (χ4v) is 2.51. The van der Waals surface area contributed by atoms with Crippen molar-refractivity contribution in [1.29, 1.82) is 0 Å². The number of fused-ring (bicyclic) bond motifs is 1. The van der Waals surface area contributed by atoms with Crippen LogP contribution in [0.4, 0.5) is 0 Å². The summed E-state index contributed by atoms with van der Waals surface area (Å²) in [7, 11) is 1.54.